The topological polar surface area (TPSA) is 63.2 Å². The van der Waals surface area contributed by atoms with Gasteiger partial charge < -0.3 is 10.1 Å². The summed E-state index contributed by atoms with van der Waals surface area (Å²) in [6.07, 6.45) is 1.72. The summed E-state index contributed by atoms with van der Waals surface area (Å²) in [5.74, 6) is 2.10. The molecule has 136 valence electrons. The predicted octanol–water partition coefficient (Wildman–Crippen LogP) is 3.76. The number of anilines is 1. The summed E-state index contributed by atoms with van der Waals surface area (Å²) < 4.78 is 5.66. The third-order valence-electron chi connectivity index (χ3n) is 3.33. The second kappa shape index (κ2) is 10.7. The van der Waals surface area contributed by atoms with Crippen LogP contribution in [0.1, 0.15) is 5.69 Å². The van der Waals surface area contributed by atoms with Gasteiger partial charge in [0.15, 0.2) is 0 Å². The first-order valence-corrected chi connectivity index (χ1v) is 8.70. The Kier molecular flexibility index (Phi) is 9.38. The van der Waals surface area contributed by atoms with E-state index in [1.54, 1.807) is 36.2 Å². The molecular weight excluding hydrogens is 405 g/mol. The van der Waals surface area contributed by atoms with E-state index < -0.39 is 0 Å². The molecule has 3 rings (SSSR count). The van der Waals surface area contributed by atoms with Crippen molar-refractivity contribution in [2.75, 3.05) is 16.9 Å². The maximum atomic E-state index is 12.1. The van der Waals surface area contributed by atoms with Gasteiger partial charge in [-0.2, -0.15) is 0 Å². The van der Waals surface area contributed by atoms with Gasteiger partial charge in [0.2, 0.25) is 5.91 Å². The monoisotopic (exact) mass is 421 g/mol. The van der Waals surface area contributed by atoms with E-state index in [-0.39, 0.29) is 36.8 Å². The number of carbonyl (C=O) groups excluding carboxylic acids is 1. The van der Waals surface area contributed by atoms with Crippen LogP contribution in [0, 0.1) is 0 Å². The van der Waals surface area contributed by atoms with Gasteiger partial charge in [-0.25, -0.2) is 0 Å². The number of benzene rings is 1. The van der Waals surface area contributed by atoms with Crippen molar-refractivity contribution in [3.05, 3.63) is 53.3 Å². The maximum absolute atomic E-state index is 12.1. The lowest BCUT2D eigenvalue weighted by molar-refractivity contribution is -0.117. The molecule has 0 saturated carbocycles. The Morgan fingerprint density at radius 2 is 2.20 bits per heavy atom. The van der Waals surface area contributed by atoms with Gasteiger partial charge in [0.1, 0.15) is 12.4 Å². The van der Waals surface area contributed by atoms with Gasteiger partial charge in [-0.1, -0.05) is 17.7 Å². The van der Waals surface area contributed by atoms with E-state index in [0.29, 0.717) is 23.1 Å². The van der Waals surface area contributed by atoms with Crippen LogP contribution in [0.2, 0.25) is 5.02 Å². The van der Waals surface area contributed by atoms with Crippen molar-refractivity contribution >= 4 is 59.8 Å². The molecule has 1 saturated heterocycles. The molecule has 1 unspecified atom stereocenters. The Bertz CT molecular complexity index is 686. The van der Waals surface area contributed by atoms with Crippen LogP contribution in [0.5, 0.6) is 5.75 Å². The molecule has 9 heteroatoms. The van der Waals surface area contributed by atoms with Crippen molar-refractivity contribution in [2.45, 2.75) is 12.6 Å². The highest BCUT2D eigenvalue weighted by Gasteiger charge is 2.22. The van der Waals surface area contributed by atoms with E-state index >= 15 is 0 Å². The molecule has 0 aliphatic carbocycles. The number of nitrogens with zero attached hydrogens (tertiary/aromatic N) is 1. The summed E-state index contributed by atoms with van der Waals surface area (Å²) in [6.45, 7) is 0.343. The van der Waals surface area contributed by atoms with Crippen LogP contribution in [0.15, 0.2) is 42.6 Å². The van der Waals surface area contributed by atoms with Crippen molar-refractivity contribution in [1.29, 1.82) is 0 Å². The zero-order chi connectivity index (χ0) is 16.1. The van der Waals surface area contributed by atoms with E-state index in [4.69, 9.17) is 16.3 Å². The van der Waals surface area contributed by atoms with Crippen LogP contribution in [0.3, 0.4) is 0 Å². The third-order valence-corrected chi connectivity index (χ3v) is 4.57. The maximum Gasteiger partial charge on any atom is 0.242 e. The molecule has 1 atom stereocenters. The molecular formula is C16H18Cl3N3O2S. The molecule has 1 aromatic carbocycles. The molecule has 5 nitrogen and oxygen atoms in total. The fourth-order valence-electron chi connectivity index (χ4n) is 2.12. The van der Waals surface area contributed by atoms with E-state index in [2.05, 4.69) is 15.6 Å². The average Bonchev–Trinajstić information content (AvgIpc) is 3.10. The van der Waals surface area contributed by atoms with Crippen molar-refractivity contribution in [1.82, 2.24) is 10.3 Å². The second-order valence-electron chi connectivity index (χ2n) is 5.02. The molecule has 1 aromatic heterocycles. The summed E-state index contributed by atoms with van der Waals surface area (Å²) in [6, 6.07) is 10.7. The minimum atomic E-state index is -0.154. The van der Waals surface area contributed by atoms with E-state index in [9.17, 15) is 4.79 Å². The Balaban J connectivity index is 0.00000156. The van der Waals surface area contributed by atoms with E-state index in [0.717, 1.165) is 17.3 Å². The van der Waals surface area contributed by atoms with Crippen LogP contribution >= 0.6 is 48.2 Å². The number of ether oxygens (including phenoxy) is 1. The minimum Gasteiger partial charge on any atom is -0.486 e. The quantitative estimate of drug-likeness (QED) is 0.768. The summed E-state index contributed by atoms with van der Waals surface area (Å²) >= 11 is 7.93. The first kappa shape index (κ1) is 21.9. The van der Waals surface area contributed by atoms with Gasteiger partial charge in [-0.3, -0.25) is 15.1 Å². The number of hydrogen-bond acceptors (Lipinski definition) is 5. The van der Waals surface area contributed by atoms with Gasteiger partial charge in [0, 0.05) is 23.5 Å². The molecule has 0 bridgehead atoms. The van der Waals surface area contributed by atoms with Crippen LogP contribution in [0.25, 0.3) is 0 Å². The lowest BCUT2D eigenvalue weighted by Crippen LogP contribution is -2.37. The molecule has 0 radical (unpaired) electrons. The third kappa shape index (κ3) is 6.24. The molecule has 0 spiro atoms. The molecule has 1 fully saturated rings. The summed E-state index contributed by atoms with van der Waals surface area (Å²) in [5.41, 5.74) is 1.48. The SMILES string of the molecule is Cl.Cl.O=C(Nc1ccc(OCc2ccccn2)c(Cl)c1)C1CSCN1. The highest BCUT2D eigenvalue weighted by Crippen LogP contribution is 2.28. The molecule has 2 N–H and O–H groups in total. The van der Waals surface area contributed by atoms with Crippen LogP contribution in [-0.4, -0.2) is 28.6 Å². The van der Waals surface area contributed by atoms with Crippen molar-refractivity contribution in [2.24, 2.45) is 0 Å². The lowest BCUT2D eigenvalue weighted by Gasteiger charge is -2.12. The number of carbonyl (C=O) groups is 1. The molecule has 1 amide bonds. The fourth-order valence-corrected chi connectivity index (χ4v) is 3.30. The van der Waals surface area contributed by atoms with Gasteiger partial charge in [-0.05, 0) is 30.3 Å². The Labute approximate surface area is 168 Å². The highest BCUT2D eigenvalue weighted by molar-refractivity contribution is 7.99. The van der Waals surface area contributed by atoms with Crippen LogP contribution < -0.4 is 15.4 Å². The number of nitrogens with one attached hydrogen (secondary N) is 2. The van der Waals surface area contributed by atoms with Gasteiger partial charge in [-0.15, -0.1) is 36.6 Å². The predicted molar refractivity (Wildman–Crippen MR) is 107 cm³/mol. The summed E-state index contributed by atoms with van der Waals surface area (Å²) in [7, 11) is 0. The fraction of sp³-hybridized carbons (Fsp3) is 0.250. The first-order chi connectivity index (χ1) is 11.2. The zero-order valence-corrected chi connectivity index (χ0v) is 16.3. The number of halogens is 3. The smallest absolute Gasteiger partial charge is 0.242 e. The van der Waals surface area contributed by atoms with Crippen molar-refractivity contribution < 1.29 is 9.53 Å². The van der Waals surface area contributed by atoms with E-state index in [1.807, 2.05) is 18.2 Å². The van der Waals surface area contributed by atoms with Gasteiger partial charge in [0.25, 0.3) is 0 Å². The molecule has 2 heterocycles. The number of amides is 1. The zero-order valence-electron chi connectivity index (χ0n) is 13.1. The van der Waals surface area contributed by atoms with Gasteiger partial charge >= 0.3 is 0 Å². The minimum absolute atomic E-state index is 0. The number of pyridine rings is 1. The van der Waals surface area contributed by atoms with Crippen LogP contribution in [-0.2, 0) is 11.4 Å². The number of hydrogen-bond donors (Lipinski definition) is 2. The average molecular weight is 423 g/mol. The Morgan fingerprint density at radius 3 is 2.84 bits per heavy atom. The van der Waals surface area contributed by atoms with Gasteiger partial charge in [0.05, 0.1) is 16.8 Å². The van der Waals surface area contributed by atoms with Crippen molar-refractivity contribution in [3.8, 4) is 5.75 Å². The molecule has 2 aromatic rings. The molecule has 25 heavy (non-hydrogen) atoms. The summed E-state index contributed by atoms with van der Waals surface area (Å²) in [4.78, 5) is 16.2. The molecule has 1 aliphatic heterocycles. The number of rotatable bonds is 5. The van der Waals surface area contributed by atoms with E-state index in [1.165, 1.54) is 0 Å². The first-order valence-electron chi connectivity index (χ1n) is 7.16. The standard InChI is InChI=1S/C16H16ClN3O2S.2ClH/c17-13-7-11(20-16(21)14-9-23-10-19-14)4-5-15(13)22-8-12-3-1-2-6-18-12;;/h1-7,14,19H,8-10H2,(H,20,21);2*1H. The Morgan fingerprint density at radius 1 is 1.36 bits per heavy atom. The lowest BCUT2D eigenvalue weighted by atomic mass is 10.2. The summed E-state index contributed by atoms with van der Waals surface area (Å²) in [5, 5.41) is 6.44. The van der Waals surface area contributed by atoms with Crippen molar-refractivity contribution in [3.63, 3.8) is 0 Å². The number of thioether (sulfide) groups is 1. The highest BCUT2D eigenvalue weighted by atomic mass is 35.5. The largest absolute Gasteiger partial charge is 0.486 e. The second-order valence-corrected chi connectivity index (χ2v) is 6.45. The van der Waals surface area contributed by atoms with Crippen LogP contribution in [0.4, 0.5) is 5.69 Å². The Hall–Kier alpha value is -1.18. The number of aromatic nitrogens is 1. The normalized spacial score (nSPS) is 15.6. The molecule has 1 aliphatic rings.